The zero-order valence-electron chi connectivity index (χ0n) is 11.8. The minimum atomic E-state index is -2.20. The molecule has 8 nitrogen and oxygen atoms in total. The van der Waals surface area contributed by atoms with Gasteiger partial charge in [-0.3, -0.25) is 14.3 Å². The van der Waals surface area contributed by atoms with Crippen molar-refractivity contribution < 1.29 is 24.1 Å². The molecule has 124 valence electrons. The number of aromatic amines is 1. The van der Waals surface area contributed by atoms with Crippen molar-refractivity contribution in [2.24, 2.45) is 0 Å². The van der Waals surface area contributed by atoms with Crippen LogP contribution in [0, 0.1) is 3.57 Å². The molecule has 3 N–H and O–H groups in total. The fourth-order valence-electron chi connectivity index (χ4n) is 2.08. The Morgan fingerprint density at radius 1 is 1.55 bits per heavy atom. The van der Waals surface area contributed by atoms with Gasteiger partial charge in [-0.25, -0.2) is 9.18 Å². The molecule has 1 saturated heterocycles. The summed E-state index contributed by atoms with van der Waals surface area (Å²) in [6, 6.07) is 0. The van der Waals surface area contributed by atoms with Gasteiger partial charge in [-0.05, 0) is 36.4 Å². The van der Waals surface area contributed by atoms with Crippen molar-refractivity contribution in [3.8, 4) is 0 Å². The number of aliphatic hydroxyl groups is 2. The Hall–Kier alpha value is -0.820. The lowest BCUT2D eigenvalue weighted by Crippen LogP contribution is -2.55. The van der Waals surface area contributed by atoms with E-state index in [1.54, 1.807) is 36.4 Å². The van der Waals surface area contributed by atoms with Crippen molar-refractivity contribution in [3.63, 3.8) is 0 Å². The van der Waals surface area contributed by atoms with Gasteiger partial charge < -0.3 is 19.7 Å². The molecule has 0 aromatic carbocycles. The molecule has 1 fully saturated rings. The Bertz CT molecular complexity index is 660. The van der Waals surface area contributed by atoms with E-state index in [1.807, 2.05) is 4.98 Å². The van der Waals surface area contributed by atoms with Gasteiger partial charge in [0, 0.05) is 6.20 Å². The monoisotopic (exact) mass is 430 g/mol. The van der Waals surface area contributed by atoms with E-state index in [1.165, 1.54) is 0 Å². The van der Waals surface area contributed by atoms with Gasteiger partial charge in [0.2, 0.25) is 6.30 Å². The molecule has 2 heterocycles. The van der Waals surface area contributed by atoms with Crippen LogP contribution in [0.15, 0.2) is 15.8 Å². The van der Waals surface area contributed by atoms with Crippen LogP contribution in [0.1, 0.15) is 20.1 Å². The molecule has 10 heteroatoms. The van der Waals surface area contributed by atoms with Gasteiger partial charge in [0.15, 0.2) is 5.79 Å². The number of hydrogen-bond acceptors (Lipinski definition) is 6. The fourth-order valence-corrected chi connectivity index (χ4v) is 2.52. The maximum Gasteiger partial charge on any atom is 0.330 e. The van der Waals surface area contributed by atoms with Crippen LogP contribution in [0.25, 0.3) is 0 Å². The summed E-state index contributed by atoms with van der Waals surface area (Å²) in [7, 11) is 0. The van der Waals surface area contributed by atoms with Crippen LogP contribution < -0.4 is 11.2 Å². The van der Waals surface area contributed by atoms with Gasteiger partial charge in [-0.1, -0.05) is 0 Å². The first-order valence-corrected chi connectivity index (χ1v) is 7.53. The number of halogens is 2. The molecule has 0 saturated carbocycles. The van der Waals surface area contributed by atoms with Crippen LogP contribution in [-0.4, -0.2) is 50.5 Å². The molecule has 22 heavy (non-hydrogen) atoms. The summed E-state index contributed by atoms with van der Waals surface area (Å²) in [5.41, 5.74) is -1.65. The SMILES string of the molecule is CC1(C)OCC(O)[C@H](C(O)C(F)n2cc(I)c(=O)[nH]c2=O)O1. The molecule has 1 aromatic rings. The number of rotatable bonds is 3. The molecule has 0 amide bonds. The summed E-state index contributed by atoms with van der Waals surface area (Å²) in [5, 5.41) is 19.9. The van der Waals surface area contributed by atoms with Crippen LogP contribution in [0.5, 0.6) is 0 Å². The second kappa shape index (κ2) is 6.35. The van der Waals surface area contributed by atoms with Gasteiger partial charge in [-0.15, -0.1) is 0 Å². The molecule has 3 unspecified atom stereocenters. The molecule has 0 spiro atoms. The van der Waals surface area contributed by atoms with Gasteiger partial charge in [0.05, 0.1) is 10.2 Å². The Morgan fingerprint density at radius 3 is 2.82 bits per heavy atom. The van der Waals surface area contributed by atoms with Crippen LogP contribution in [0.4, 0.5) is 4.39 Å². The Balaban J connectivity index is 2.28. The van der Waals surface area contributed by atoms with E-state index in [0.29, 0.717) is 4.57 Å². The molecule has 1 aromatic heterocycles. The zero-order valence-corrected chi connectivity index (χ0v) is 14.0. The molecule has 2 rings (SSSR count). The highest BCUT2D eigenvalue weighted by Gasteiger charge is 2.43. The van der Waals surface area contributed by atoms with E-state index in [-0.39, 0.29) is 10.2 Å². The number of nitrogens with one attached hydrogen (secondary N) is 1. The van der Waals surface area contributed by atoms with Crippen LogP contribution in [-0.2, 0) is 9.47 Å². The maximum absolute atomic E-state index is 14.5. The highest BCUT2D eigenvalue weighted by molar-refractivity contribution is 14.1. The third-order valence-corrected chi connectivity index (χ3v) is 3.98. The lowest BCUT2D eigenvalue weighted by molar-refractivity contribution is -0.324. The number of nitrogens with zero attached hydrogens (tertiary/aromatic N) is 1. The van der Waals surface area contributed by atoms with E-state index < -0.39 is 41.6 Å². The number of ether oxygens (including phenoxy) is 2. The number of aromatic nitrogens is 2. The van der Waals surface area contributed by atoms with E-state index >= 15 is 0 Å². The first-order valence-electron chi connectivity index (χ1n) is 6.45. The molecule has 0 aliphatic carbocycles. The summed E-state index contributed by atoms with van der Waals surface area (Å²) in [6.45, 7) is 2.97. The number of hydrogen-bond donors (Lipinski definition) is 3. The molecular weight excluding hydrogens is 414 g/mol. The highest BCUT2D eigenvalue weighted by atomic mass is 127. The minimum absolute atomic E-state index is 0.0841. The van der Waals surface area contributed by atoms with Gasteiger partial charge in [0.25, 0.3) is 5.56 Å². The van der Waals surface area contributed by atoms with E-state index in [9.17, 15) is 24.2 Å². The Morgan fingerprint density at radius 2 is 2.18 bits per heavy atom. The van der Waals surface area contributed by atoms with Crippen molar-refractivity contribution in [3.05, 3.63) is 30.6 Å². The van der Waals surface area contributed by atoms with E-state index in [2.05, 4.69) is 0 Å². The average Bonchev–Trinajstić information content (AvgIpc) is 2.44. The predicted octanol–water partition coefficient (Wildman–Crippen LogP) is -0.517. The summed E-state index contributed by atoms with van der Waals surface area (Å²) < 4.78 is 25.6. The lowest BCUT2D eigenvalue weighted by atomic mass is 10.1. The fraction of sp³-hybridized carbons (Fsp3) is 0.667. The van der Waals surface area contributed by atoms with Crippen molar-refractivity contribution in [1.29, 1.82) is 0 Å². The summed E-state index contributed by atoms with van der Waals surface area (Å²) >= 11 is 1.64. The van der Waals surface area contributed by atoms with E-state index in [4.69, 9.17) is 9.47 Å². The third-order valence-electron chi connectivity index (χ3n) is 3.21. The van der Waals surface area contributed by atoms with Crippen molar-refractivity contribution >= 4 is 22.6 Å². The average molecular weight is 430 g/mol. The van der Waals surface area contributed by atoms with Crippen molar-refractivity contribution in [2.75, 3.05) is 6.61 Å². The van der Waals surface area contributed by atoms with Gasteiger partial charge in [-0.2, -0.15) is 0 Å². The van der Waals surface area contributed by atoms with Crippen LogP contribution in [0.3, 0.4) is 0 Å². The molecule has 1 aliphatic rings. The first kappa shape index (κ1) is 17.5. The van der Waals surface area contributed by atoms with Crippen molar-refractivity contribution in [1.82, 2.24) is 9.55 Å². The molecule has 1 aliphatic heterocycles. The Labute approximate surface area is 138 Å². The molecule has 0 bridgehead atoms. The molecular formula is C12H16FIN2O6. The van der Waals surface area contributed by atoms with Crippen LogP contribution >= 0.6 is 22.6 Å². The van der Waals surface area contributed by atoms with Gasteiger partial charge in [0.1, 0.15) is 18.3 Å². The standard InChI is InChI=1S/C12H16FIN2O6/c1-12(2)21-4-6(17)8(22-12)7(18)9(13)16-3-5(14)10(19)15-11(16)20/h3,6-9,17-18H,4H2,1-2H3,(H,15,19,20)/t6?,7?,8-,9?/m1/s1. The normalized spacial score (nSPS) is 27.4. The zero-order chi connectivity index (χ0) is 16.7. The second-order valence-corrected chi connectivity index (χ2v) is 6.53. The number of aliphatic hydroxyl groups excluding tert-OH is 2. The minimum Gasteiger partial charge on any atom is -0.388 e. The maximum atomic E-state index is 14.5. The molecule has 0 radical (unpaired) electrons. The molecule has 4 atom stereocenters. The number of H-pyrrole nitrogens is 1. The van der Waals surface area contributed by atoms with Crippen LogP contribution in [0.2, 0.25) is 0 Å². The summed E-state index contributed by atoms with van der Waals surface area (Å²) in [6.07, 6.45) is -5.56. The van der Waals surface area contributed by atoms with Gasteiger partial charge >= 0.3 is 5.69 Å². The predicted molar refractivity (Wildman–Crippen MR) is 81.1 cm³/mol. The number of alkyl halides is 1. The van der Waals surface area contributed by atoms with E-state index in [0.717, 1.165) is 6.20 Å². The topological polar surface area (TPSA) is 114 Å². The first-order chi connectivity index (χ1) is 10.1. The quantitative estimate of drug-likeness (QED) is 0.557. The Kier molecular flexibility index (Phi) is 5.06. The summed E-state index contributed by atoms with van der Waals surface area (Å²) in [5.74, 6) is -1.10. The van der Waals surface area contributed by atoms with Crippen molar-refractivity contribution in [2.45, 2.75) is 44.2 Å². The smallest absolute Gasteiger partial charge is 0.330 e. The highest BCUT2D eigenvalue weighted by Crippen LogP contribution is 2.28. The second-order valence-electron chi connectivity index (χ2n) is 5.37. The summed E-state index contributed by atoms with van der Waals surface area (Å²) in [4.78, 5) is 24.9. The third kappa shape index (κ3) is 3.56. The largest absolute Gasteiger partial charge is 0.388 e. The lowest BCUT2D eigenvalue weighted by Gasteiger charge is -2.41.